The highest BCUT2D eigenvalue weighted by atomic mass is 32.1. The molecule has 1 amide bonds. The van der Waals surface area contributed by atoms with Crippen molar-refractivity contribution in [3.05, 3.63) is 23.0 Å². The van der Waals surface area contributed by atoms with E-state index in [0.29, 0.717) is 30.2 Å². The van der Waals surface area contributed by atoms with Gasteiger partial charge in [0, 0.05) is 24.0 Å². The Morgan fingerprint density at radius 3 is 2.52 bits per heavy atom. The number of hydrogen-bond donors (Lipinski definition) is 1. The topological polar surface area (TPSA) is 91.9 Å². The average Bonchev–Trinajstić information content (AvgIpc) is 3.45. The molecule has 10 heteroatoms. The van der Waals surface area contributed by atoms with Crippen LogP contribution in [0, 0.1) is 0 Å². The SMILES string of the molecule is CC(C)(C)[Si](C)(C)Oc1ccc(-c2cscn2)c2oc(N3CC4CCC(C3)N4C(=O)O)nc12. The summed E-state index contributed by atoms with van der Waals surface area (Å²) in [6, 6.07) is 4.45. The van der Waals surface area contributed by atoms with E-state index in [2.05, 4.69) is 43.7 Å². The summed E-state index contributed by atoms with van der Waals surface area (Å²) in [5.41, 5.74) is 4.91. The summed E-state index contributed by atoms with van der Waals surface area (Å²) in [5.74, 6) is 0.734. The van der Waals surface area contributed by atoms with E-state index in [4.69, 9.17) is 13.8 Å². The summed E-state index contributed by atoms with van der Waals surface area (Å²) in [7, 11) is -2.09. The highest BCUT2D eigenvalue weighted by Gasteiger charge is 2.44. The maximum Gasteiger partial charge on any atom is 0.407 e. The molecule has 0 radical (unpaired) electrons. The van der Waals surface area contributed by atoms with E-state index in [-0.39, 0.29) is 17.1 Å². The highest BCUT2D eigenvalue weighted by molar-refractivity contribution is 7.07. The van der Waals surface area contributed by atoms with Crippen LogP contribution in [0.3, 0.4) is 0 Å². The molecule has 2 unspecified atom stereocenters. The third-order valence-corrected chi connectivity index (χ3v) is 12.3. The first-order valence-corrected chi connectivity index (χ1v) is 15.2. The van der Waals surface area contributed by atoms with E-state index in [1.807, 2.05) is 17.5 Å². The van der Waals surface area contributed by atoms with E-state index in [9.17, 15) is 9.90 Å². The second-order valence-electron chi connectivity index (χ2n) is 10.5. The molecule has 1 aromatic carbocycles. The second-order valence-corrected chi connectivity index (χ2v) is 15.9. The number of aromatic nitrogens is 2. The van der Waals surface area contributed by atoms with Crippen LogP contribution in [0.15, 0.2) is 27.4 Å². The van der Waals surface area contributed by atoms with Crippen molar-refractivity contribution in [3.63, 3.8) is 0 Å². The lowest BCUT2D eigenvalue weighted by molar-refractivity contribution is 0.114. The van der Waals surface area contributed by atoms with Crippen molar-refractivity contribution in [2.45, 2.75) is 63.8 Å². The lowest BCUT2D eigenvalue weighted by Gasteiger charge is -2.38. The molecule has 2 fully saturated rings. The van der Waals surface area contributed by atoms with Crippen molar-refractivity contribution in [1.82, 2.24) is 14.9 Å². The Morgan fingerprint density at radius 1 is 1.24 bits per heavy atom. The average molecular weight is 487 g/mol. The number of piperazine rings is 1. The van der Waals surface area contributed by atoms with Crippen LogP contribution in [0.5, 0.6) is 5.75 Å². The Bertz CT molecular complexity index is 1170. The molecular formula is C23H30N4O4SSi. The minimum atomic E-state index is -2.09. The first kappa shape index (κ1) is 22.2. The van der Waals surface area contributed by atoms with Gasteiger partial charge in [0.1, 0.15) is 5.75 Å². The van der Waals surface area contributed by atoms with Gasteiger partial charge in [0.25, 0.3) is 14.3 Å². The number of rotatable bonds is 4. The lowest BCUT2D eigenvalue weighted by atomic mass is 10.1. The Balaban J connectivity index is 1.56. The molecule has 2 atom stereocenters. The standard InChI is InChI=1S/C23H30N4O4SSi/c1-23(2,3)33(4,5)31-18-9-8-16(17-12-32-13-24-17)20-19(18)25-21(30-20)26-10-14-6-7-15(11-26)27(14)22(28)29/h8-9,12-15H,6-7,10-11H2,1-5H3,(H,28,29). The zero-order chi connectivity index (χ0) is 23.5. The number of anilines is 1. The molecule has 0 spiro atoms. The summed E-state index contributed by atoms with van der Waals surface area (Å²) in [5, 5.41) is 11.6. The minimum Gasteiger partial charge on any atom is -0.542 e. The van der Waals surface area contributed by atoms with Gasteiger partial charge >= 0.3 is 6.09 Å². The fourth-order valence-electron chi connectivity index (χ4n) is 4.54. The smallest absolute Gasteiger partial charge is 0.407 e. The van der Waals surface area contributed by atoms with E-state index in [0.717, 1.165) is 29.8 Å². The van der Waals surface area contributed by atoms with Gasteiger partial charge < -0.3 is 18.8 Å². The Morgan fingerprint density at radius 2 is 1.94 bits per heavy atom. The summed E-state index contributed by atoms with van der Waals surface area (Å²) in [6.07, 6.45) is 0.908. The number of amides is 1. The van der Waals surface area contributed by atoms with E-state index in [1.165, 1.54) is 11.3 Å². The van der Waals surface area contributed by atoms with Crippen molar-refractivity contribution in [1.29, 1.82) is 0 Å². The van der Waals surface area contributed by atoms with Gasteiger partial charge in [-0.1, -0.05) is 20.8 Å². The zero-order valence-corrected chi connectivity index (χ0v) is 21.5. The molecule has 5 rings (SSSR count). The van der Waals surface area contributed by atoms with Gasteiger partial charge in [-0.15, -0.1) is 11.3 Å². The fraction of sp³-hybridized carbons (Fsp3) is 0.522. The summed E-state index contributed by atoms with van der Waals surface area (Å²) in [6.45, 7) is 12.2. The largest absolute Gasteiger partial charge is 0.542 e. The van der Waals surface area contributed by atoms with Gasteiger partial charge in [-0.05, 0) is 43.1 Å². The van der Waals surface area contributed by atoms with Gasteiger partial charge in [0.15, 0.2) is 11.1 Å². The molecule has 0 saturated carbocycles. The van der Waals surface area contributed by atoms with Crippen molar-refractivity contribution in [3.8, 4) is 17.0 Å². The molecule has 2 saturated heterocycles. The zero-order valence-electron chi connectivity index (χ0n) is 19.7. The van der Waals surface area contributed by atoms with Gasteiger partial charge in [0.2, 0.25) is 0 Å². The fourth-order valence-corrected chi connectivity index (χ4v) is 6.11. The third-order valence-electron chi connectivity index (χ3n) is 7.35. The van der Waals surface area contributed by atoms with Crippen molar-refractivity contribution in [2.24, 2.45) is 0 Å². The van der Waals surface area contributed by atoms with Crippen LogP contribution >= 0.6 is 11.3 Å². The Kier molecular flexibility index (Phi) is 5.20. The first-order valence-electron chi connectivity index (χ1n) is 11.3. The number of oxazole rings is 1. The number of carboxylic acid groups (broad SMARTS) is 1. The number of thiazole rings is 1. The summed E-state index contributed by atoms with van der Waals surface area (Å²) < 4.78 is 13.0. The first-order chi connectivity index (χ1) is 15.5. The number of fused-ring (bicyclic) bond motifs is 3. The van der Waals surface area contributed by atoms with E-state index in [1.54, 1.807) is 10.4 Å². The molecule has 176 valence electrons. The number of hydrogen-bond acceptors (Lipinski definition) is 7. The normalized spacial score (nSPS) is 21.1. The molecule has 2 aromatic heterocycles. The summed E-state index contributed by atoms with van der Waals surface area (Å²) >= 11 is 1.54. The molecule has 2 aliphatic rings. The van der Waals surface area contributed by atoms with Crippen molar-refractivity contribution < 1.29 is 18.7 Å². The predicted molar refractivity (Wildman–Crippen MR) is 132 cm³/mol. The molecule has 2 aliphatic heterocycles. The maximum atomic E-state index is 11.7. The quantitative estimate of drug-likeness (QED) is 0.475. The van der Waals surface area contributed by atoms with Crippen LogP contribution in [-0.4, -0.2) is 59.6 Å². The molecule has 33 heavy (non-hydrogen) atoms. The van der Waals surface area contributed by atoms with Crippen LogP contribution in [0.2, 0.25) is 18.1 Å². The Labute approximate surface area is 198 Å². The van der Waals surface area contributed by atoms with E-state index >= 15 is 0 Å². The molecule has 1 N–H and O–H groups in total. The highest BCUT2D eigenvalue weighted by Crippen LogP contribution is 2.43. The van der Waals surface area contributed by atoms with Gasteiger partial charge in [0.05, 0.1) is 23.3 Å². The van der Waals surface area contributed by atoms with Gasteiger partial charge in [-0.3, -0.25) is 4.90 Å². The number of carbonyl (C=O) groups is 1. The van der Waals surface area contributed by atoms with Crippen LogP contribution in [0.25, 0.3) is 22.4 Å². The van der Waals surface area contributed by atoms with Crippen molar-refractivity contribution in [2.75, 3.05) is 18.0 Å². The molecular weight excluding hydrogens is 456 g/mol. The number of nitrogens with zero attached hydrogens (tertiary/aromatic N) is 4. The molecule has 0 aliphatic carbocycles. The summed E-state index contributed by atoms with van der Waals surface area (Å²) in [4.78, 5) is 24.8. The van der Waals surface area contributed by atoms with Crippen LogP contribution in [0.1, 0.15) is 33.6 Å². The predicted octanol–water partition coefficient (Wildman–Crippen LogP) is 5.67. The third kappa shape index (κ3) is 3.78. The lowest BCUT2D eigenvalue weighted by Crippen LogP contribution is -2.55. The van der Waals surface area contributed by atoms with Crippen molar-refractivity contribution >= 4 is 42.9 Å². The molecule has 4 heterocycles. The van der Waals surface area contributed by atoms with Crippen LogP contribution in [-0.2, 0) is 0 Å². The minimum absolute atomic E-state index is 0.0303. The monoisotopic (exact) mass is 486 g/mol. The number of benzene rings is 1. The second kappa shape index (κ2) is 7.73. The van der Waals surface area contributed by atoms with Gasteiger partial charge in [-0.2, -0.15) is 4.98 Å². The van der Waals surface area contributed by atoms with Crippen LogP contribution < -0.4 is 9.33 Å². The molecule has 2 bridgehead atoms. The maximum absolute atomic E-state index is 11.7. The molecule has 8 nitrogen and oxygen atoms in total. The van der Waals surface area contributed by atoms with E-state index < -0.39 is 14.4 Å². The molecule has 3 aromatic rings. The Hall–Kier alpha value is -2.59. The van der Waals surface area contributed by atoms with Gasteiger partial charge in [-0.25, -0.2) is 9.78 Å². The van der Waals surface area contributed by atoms with Crippen LogP contribution in [0.4, 0.5) is 10.8 Å².